The molecule has 5 nitrogen and oxygen atoms in total. The van der Waals surface area contributed by atoms with Crippen LogP contribution in [0.15, 0.2) is 157 Å². The normalized spacial score (nSPS) is 11.2. The lowest BCUT2D eigenvalue weighted by molar-refractivity contribution is -0.113. The highest BCUT2D eigenvalue weighted by molar-refractivity contribution is 14.0. The van der Waals surface area contributed by atoms with Gasteiger partial charge in [0.25, 0.3) is 11.8 Å². The van der Waals surface area contributed by atoms with Crippen LogP contribution in [0.4, 0.5) is 11.4 Å². The van der Waals surface area contributed by atoms with Crippen LogP contribution in [0.25, 0.3) is 0 Å². The molecule has 0 saturated carbocycles. The standard InChI is InChI=1S/C34H28N3O2P.HI/c35-30-23-13-14-24-31(30)36-34(39)32(37-33(38)26-15-5-1-6-16-26)25-40(27-17-7-2-8-18-27,28-19-9-3-10-20-28)29-21-11-4-12-22-29;/h1-25H,35H2,(H-,36,37,38,39);1H/p+1. The van der Waals surface area contributed by atoms with E-state index in [0.29, 0.717) is 16.9 Å². The third-order valence-corrected chi connectivity index (χ3v) is 10.5. The Balaban J connectivity index is 0.00000387. The summed E-state index contributed by atoms with van der Waals surface area (Å²) in [6.07, 6.45) is 0. The number of nitrogens with one attached hydrogen (secondary N) is 2. The van der Waals surface area contributed by atoms with E-state index in [4.69, 9.17) is 5.73 Å². The van der Waals surface area contributed by atoms with Crippen molar-refractivity contribution < 1.29 is 9.59 Å². The van der Waals surface area contributed by atoms with E-state index in [1.807, 2.05) is 66.5 Å². The van der Waals surface area contributed by atoms with Crippen molar-refractivity contribution in [2.75, 3.05) is 11.1 Å². The number of carbonyl (C=O) groups is 2. The summed E-state index contributed by atoms with van der Waals surface area (Å²) in [4.78, 5) is 27.4. The lowest BCUT2D eigenvalue weighted by Crippen LogP contribution is -2.35. The van der Waals surface area contributed by atoms with E-state index in [0.717, 1.165) is 15.9 Å². The van der Waals surface area contributed by atoms with Crippen LogP contribution < -0.4 is 32.3 Å². The Morgan fingerprint density at radius 3 is 1.46 bits per heavy atom. The van der Waals surface area contributed by atoms with E-state index in [2.05, 4.69) is 47.0 Å². The molecule has 5 aromatic carbocycles. The van der Waals surface area contributed by atoms with E-state index in [1.54, 1.807) is 48.5 Å². The first-order valence-corrected chi connectivity index (χ1v) is 14.7. The first kappa shape index (κ1) is 29.7. The number of nitrogen functional groups attached to an aromatic ring is 1. The molecular weight excluding hydrogens is 640 g/mol. The van der Waals surface area contributed by atoms with Gasteiger partial charge in [-0.25, -0.2) is 0 Å². The number of carbonyl (C=O) groups excluding carboxylic acids is 2. The Kier molecular flexibility index (Phi) is 10.1. The fourth-order valence-corrected chi connectivity index (χ4v) is 8.42. The zero-order valence-electron chi connectivity index (χ0n) is 22.2. The fraction of sp³-hybridized carbons (Fsp3) is 0. The van der Waals surface area contributed by atoms with Crippen molar-refractivity contribution in [2.24, 2.45) is 0 Å². The van der Waals surface area contributed by atoms with Gasteiger partial charge in [0.05, 0.1) is 11.4 Å². The molecule has 41 heavy (non-hydrogen) atoms. The Morgan fingerprint density at radius 1 is 0.585 bits per heavy atom. The Labute approximate surface area is 257 Å². The molecule has 0 spiro atoms. The molecule has 0 aliphatic rings. The molecule has 0 heterocycles. The first-order valence-electron chi connectivity index (χ1n) is 12.9. The zero-order valence-corrected chi connectivity index (χ0v) is 25.4. The second-order valence-corrected chi connectivity index (χ2v) is 12.4. The summed E-state index contributed by atoms with van der Waals surface area (Å²) in [6.45, 7) is 0. The summed E-state index contributed by atoms with van der Waals surface area (Å²) < 4.78 is 0. The van der Waals surface area contributed by atoms with Gasteiger partial charge < -0.3 is 16.4 Å². The van der Waals surface area contributed by atoms with Crippen molar-refractivity contribution in [3.05, 3.63) is 163 Å². The fourth-order valence-electron chi connectivity index (χ4n) is 4.59. The topological polar surface area (TPSA) is 84.2 Å². The van der Waals surface area contributed by atoms with Gasteiger partial charge in [-0.2, -0.15) is 0 Å². The summed E-state index contributed by atoms with van der Waals surface area (Å²) in [6, 6.07) is 46.3. The SMILES string of the molecule is I.Nc1ccccc1NC(=O)C(=C[P+](c1ccccc1)(c1ccccc1)c1ccccc1)NC(=O)c1ccccc1. The average molecular weight is 671 g/mol. The van der Waals surface area contributed by atoms with Gasteiger partial charge in [-0.15, -0.1) is 24.0 Å². The highest BCUT2D eigenvalue weighted by Gasteiger charge is 2.45. The number of benzene rings is 5. The average Bonchev–Trinajstić information content (AvgIpc) is 3.02. The van der Waals surface area contributed by atoms with E-state index in [1.165, 1.54) is 0 Å². The summed E-state index contributed by atoms with van der Waals surface area (Å²) in [5.41, 5.74) is 7.63. The molecule has 0 saturated heterocycles. The van der Waals surface area contributed by atoms with E-state index in [9.17, 15) is 9.59 Å². The van der Waals surface area contributed by atoms with Crippen LogP contribution in [0.5, 0.6) is 0 Å². The lowest BCUT2D eigenvalue weighted by Gasteiger charge is -2.25. The third-order valence-electron chi connectivity index (χ3n) is 6.55. The predicted molar refractivity (Wildman–Crippen MR) is 182 cm³/mol. The summed E-state index contributed by atoms with van der Waals surface area (Å²) in [7, 11) is -2.60. The quantitative estimate of drug-likeness (QED) is 0.0809. The first-order chi connectivity index (χ1) is 19.6. The summed E-state index contributed by atoms with van der Waals surface area (Å²) >= 11 is 0. The molecule has 0 aliphatic heterocycles. The highest BCUT2D eigenvalue weighted by Crippen LogP contribution is 2.57. The molecule has 204 valence electrons. The van der Waals surface area contributed by atoms with Gasteiger partial charge in [-0.1, -0.05) is 84.9 Å². The molecule has 0 fully saturated rings. The van der Waals surface area contributed by atoms with Gasteiger partial charge in [0.15, 0.2) is 0 Å². The summed E-state index contributed by atoms with van der Waals surface area (Å²) in [5.74, 6) is 1.10. The molecule has 0 atom stereocenters. The van der Waals surface area contributed by atoms with Crippen molar-refractivity contribution in [1.82, 2.24) is 5.32 Å². The van der Waals surface area contributed by atoms with Gasteiger partial charge >= 0.3 is 0 Å². The Bertz CT molecular complexity index is 1530. The number of nitrogens with two attached hydrogens (primary N) is 1. The number of hydrogen-bond donors (Lipinski definition) is 3. The van der Waals surface area contributed by atoms with Crippen molar-refractivity contribution in [2.45, 2.75) is 0 Å². The molecule has 7 heteroatoms. The van der Waals surface area contributed by atoms with E-state index in [-0.39, 0.29) is 35.6 Å². The maximum Gasteiger partial charge on any atom is 0.275 e. The number of hydrogen-bond acceptors (Lipinski definition) is 3. The van der Waals surface area contributed by atoms with Gasteiger partial charge in [0, 0.05) is 5.56 Å². The van der Waals surface area contributed by atoms with Gasteiger partial charge in [-0.05, 0) is 60.7 Å². The molecule has 4 N–H and O–H groups in total. The Morgan fingerprint density at radius 2 is 1.00 bits per heavy atom. The third kappa shape index (κ3) is 6.73. The monoisotopic (exact) mass is 670 g/mol. The number of anilines is 2. The highest BCUT2D eigenvalue weighted by atomic mass is 127. The minimum atomic E-state index is -2.60. The molecule has 0 aromatic heterocycles. The molecule has 2 amide bonds. The van der Waals surface area contributed by atoms with Crippen molar-refractivity contribution in [3.63, 3.8) is 0 Å². The molecule has 0 bridgehead atoms. The van der Waals surface area contributed by atoms with Crippen molar-refractivity contribution in [1.29, 1.82) is 0 Å². The molecule has 5 rings (SSSR count). The number of amides is 2. The van der Waals surface area contributed by atoms with E-state index >= 15 is 0 Å². The second kappa shape index (κ2) is 13.9. The zero-order chi connectivity index (χ0) is 27.8. The second-order valence-electron chi connectivity index (χ2n) is 9.13. The van der Waals surface area contributed by atoms with Gasteiger partial charge in [0.2, 0.25) is 0 Å². The Hall–Kier alpha value is -4.26. The number of para-hydroxylation sites is 2. The minimum Gasteiger partial charge on any atom is -0.397 e. The van der Waals surface area contributed by atoms with E-state index < -0.39 is 13.2 Å². The van der Waals surface area contributed by atoms with Crippen LogP contribution in [-0.2, 0) is 4.79 Å². The molecule has 5 aromatic rings. The number of rotatable bonds is 8. The maximum absolute atomic E-state index is 14.0. The smallest absolute Gasteiger partial charge is 0.275 e. The molecular formula is C34H30IN3O2P+. The van der Waals surface area contributed by atoms with Crippen molar-refractivity contribution >= 4 is 70.3 Å². The van der Waals surface area contributed by atoms with Crippen LogP contribution in [0.1, 0.15) is 10.4 Å². The number of halogens is 1. The predicted octanol–water partition coefficient (Wildman–Crippen LogP) is 6.09. The molecule has 0 aliphatic carbocycles. The van der Waals surface area contributed by atoms with Crippen LogP contribution in [-0.4, -0.2) is 11.8 Å². The summed E-state index contributed by atoms with van der Waals surface area (Å²) in [5, 5.41) is 8.99. The largest absolute Gasteiger partial charge is 0.397 e. The van der Waals surface area contributed by atoms with Crippen LogP contribution in [0, 0.1) is 0 Å². The van der Waals surface area contributed by atoms with Crippen molar-refractivity contribution in [3.8, 4) is 0 Å². The van der Waals surface area contributed by atoms with Crippen LogP contribution in [0.2, 0.25) is 0 Å². The van der Waals surface area contributed by atoms with Gasteiger partial charge in [0.1, 0.15) is 34.7 Å². The van der Waals surface area contributed by atoms with Crippen LogP contribution in [0.3, 0.4) is 0 Å². The maximum atomic E-state index is 14.0. The minimum absolute atomic E-state index is 0. The molecule has 0 radical (unpaired) electrons. The molecule has 0 unspecified atom stereocenters. The van der Waals surface area contributed by atoms with Crippen LogP contribution >= 0.6 is 31.2 Å². The van der Waals surface area contributed by atoms with Gasteiger partial charge in [-0.3, -0.25) is 9.59 Å². The lowest BCUT2D eigenvalue weighted by atomic mass is 10.2.